The molecule has 2 heterocycles. The van der Waals surface area contributed by atoms with Gasteiger partial charge in [0, 0.05) is 13.1 Å². The van der Waals surface area contributed by atoms with Crippen molar-refractivity contribution in [3.63, 3.8) is 0 Å². The molecule has 0 aromatic carbocycles. The lowest BCUT2D eigenvalue weighted by Crippen LogP contribution is -2.50. The van der Waals surface area contributed by atoms with E-state index in [1.807, 2.05) is 0 Å². The molecule has 1 aromatic heterocycles. The number of methoxy groups -OCH3 is 1. The van der Waals surface area contributed by atoms with Crippen molar-refractivity contribution >= 4 is 11.6 Å². The maximum atomic E-state index is 5.64. The number of halogens is 1. The maximum Gasteiger partial charge on any atom is 0.324 e. The summed E-state index contributed by atoms with van der Waals surface area (Å²) in [5.41, 5.74) is 0. The van der Waals surface area contributed by atoms with Crippen molar-refractivity contribution in [1.29, 1.82) is 0 Å². The molecule has 1 aliphatic heterocycles. The summed E-state index contributed by atoms with van der Waals surface area (Å²) in [7, 11) is 1.46. The molecule has 0 amide bonds. The van der Waals surface area contributed by atoms with Gasteiger partial charge in [0.2, 0.25) is 5.28 Å². The molecule has 0 aliphatic carbocycles. The number of nitrogens with one attached hydrogen (secondary N) is 1. The summed E-state index contributed by atoms with van der Waals surface area (Å²) in [6.45, 7) is 1.59. The van der Waals surface area contributed by atoms with Crippen LogP contribution >= 0.6 is 11.6 Å². The summed E-state index contributed by atoms with van der Waals surface area (Å²) < 4.78 is 10.2. The monoisotopic (exact) mass is 216 g/mol. The SMILES string of the molecule is COc1nc(Cl)nc(OC2CNC2)n1. The standard InChI is InChI=1S/C7H9ClN4O2/c1-13-6-10-5(8)11-7(12-6)14-4-2-9-3-4/h4,9H,2-3H2,1H3. The zero-order valence-electron chi connectivity index (χ0n) is 7.53. The second-order valence-corrected chi connectivity index (χ2v) is 3.11. The highest BCUT2D eigenvalue weighted by atomic mass is 35.5. The van der Waals surface area contributed by atoms with Crippen molar-refractivity contribution in [2.75, 3.05) is 20.2 Å². The van der Waals surface area contributed by atoms with Gasteiger partial charge in [-0.25, -0.2) is 0 Å². The number of ether oxygens (including phenoxy) is 2. The quantitative estimate of drug-likeness (QED) is 0.760. The number of rotatable bonds is 3. The highest BCUT2D eigenvalue weighted by molar-refractivity contribution is 6.28. The summed E-state index contributed by atoms with van der Waals surface area (Å²) in [5, 5.41) is 3.13. The Hall–Kier alpha value is -1.14. The lowest BCUT2D eigenvalue weighted by molar-refractivity contribution is 0.127. The van der Waals surface area contributed by atoms with Gasteiger partial charge >= 0.3 is 12.0 Å². The van der Waals surface area contributed by atoms with Crippen LogP contribution in [0.25, 0.3) is 0 Å². The Labute approximate surface area is 85.6 Å². The molecular weight excluding hydrogens is 208 g/mol. The molecule has 2 rings (SSSR count). The van der Waals surface area contributed by atoms with E-state index in [4.69, 9.17) is 21.1 Å². The summed E-state index contributed by atoms with van der Waals surface area (Å²) in [4.78, 5) is 11.4. The largest absolute Gasteiger partial charge is 0.467 e. The fourth-order valence-corrected chi connectivity index (χ4v) is 1.10. The minimum Gasteiger partial charge on any atom is -0.467 e. The van der Waals surface area contributed by atoms with Gasteiger partial charge in [0.25, 0.3) is 0 Å². The van der Waals surface area contributed by atoms with Crippen LogP contribution in [0.1, 0.15) is 0 Å². The van der Waals surface area contributed by atoms with E-state index in [0.29, 0.717) is 0 Å². The predicted octanol–water partition coefficient (Wildman–Crippen LogP) is -0.116. The molecule has 1 aromatic rings. The fourth-order valence-electron chi connectivity index (χ4n) is 0.953. The first kappa shape index (κ1) is 9.42. The minimum absolute atomic E-state index is 0.0686. The third kappa shape index (κ3) is 2.02. The van der Waals surface area contributed by atoms with Crippen LogP contribution in [0.4, 0.5) is 0 Å². The van der Waals surface area contributed by atoms with Crippen LogP contribution < -0.4 is 14.8 Å². The first-order valence-electron chi connectivity index (χ1n) is 4.11. The second kappa shape index (κ2) is 3.93. The van der Waals surface area contributed by atoms with Gasteiger partial charge in [-0.15, -0.1) is 4.98 Å². The third-order valence-electron chi connectivity index (χ3n) is 1.77. The Balaban J connectivity index is 2.11. The lowest BCUT2D eigenvalue weighted by atomic mass is 10.2. The first-order valence-corrected chi connectivity index (χ1v) is 4.48. The van der Waals surface area contributed by atoms with E-state index in [9.17, 15) is 0 Å². The van der Waals surface area contributed by atoms with Gasteiger partial charge in [-0.05, 0) is 11.6 Å². The van der Waals surface area contributed by atoms with Crippen LogP contribution in [0.3, 0.4) is 0 Å². The molecule has 0 radical (unpaired) electrons. The van der Waals surface area contributed by atoms with E-state index in [2.05, 4.69) is 20.3 Å². The smallest absolute Gasteiger partial charge is 0.324 e. The number of hydrogen-bond acceptors (Lipinski definition) is 6. The van der Waals surface area contributed by atoms with Crippen LogP contribution in [-0.2, 0) is 0 Å². The lowest BCUT2D eigenvalue weighted by Gasteiger charge is -2.26. The zero-order valence-corrected chi connectivity index (χ0v) is 8.28. The minimum atomic E-state index is 0.0686. The molecule has 76 valence electrons. The summed E-state index contributed by atoms with van der Waals surface area (Å²) in [6, 6.07) is 0.362. The van der Waals surface area contributed by atoms with Crippen molar-refractivity contribution in [2.45, 2.75) is 6.10 Å². The average molecular weight is 217 g/mol. The van der Waals surface area contributed by atoms with E-state index in [-0.39, 0.29) is 23.4 Å². The molecule has 0 saturated carbocycles. The number of aromatic nitrogens is 3. The molecule has 14 heavy (non-hydrogen) atoms. The van der Waals surface area contributed by atoms with Gasteiger partial charge in [0.1, 0.15) is 6.10 Å². The third-order valence-corrected chi connectivity index (χ3v) is 1.93. The van der Waals surface area contributed by atoms with Crippen LogP contribution in [0, 0.1) is 0 Å². The van der Waals surface area contributed by atoms with Gasteiger partial charge in [-0.3, -0.25) is 0 Å². The second-order valence-electron chi connectivity index (χ2n) is 2.77. The first-order chi connectivity index (χ1) is 6.78. The topological polar surface area (TPSA) is 69.2 Å². The summed E-state index contributed by atoms with van der Waals surface area (Å²) >= 11 is 5.64. The molecule has 1 N–H and O–H groups in total. The van der Waals surface area contributed by atoms with Gasteiger partial charge < -0.3 is 14.8 Å². The molecule has 7 heteroatoms. The summed E-state index contributed by atoms with van der Waals surface area (Å²) in [5.74, 6) is 0. The van der Waals surface area contributed by atoms with Crippen LogP contribution in [0.2, 0.25) is 5.28 Å². The molecule has 0 atom stereocenters. The van der Waals surface area contributed by atoms with E-state index >= 15 is 0 Å². The molecule has 6 nitrogen and oxygen atoms in total. The van der Waals surface area contributed by atoms with E-state index in [1.54, 1.807) is 0 Å². The van der Waals surface area contributed by atoms with Gasteiger partial charge in [0.05, 0.1) is 7.11 Å². The molecule has 0 unspecified atom stereocenters. The zero-order chi connectivity index (χ0) is 9.97. The van der Waals surface area contributed by atoms with Crippen molar-refractivity contribution in [2.24, 2.45) is 0 Å². The molecule has 0 bridgehead atoms. The Morgan fingerprint density at radius 1 is 1.29 bits per heavy atom. The van der Waals surface area contributed by atoms with Gasteiger partial charge in [-0.1, -0.05) is 0 Å². The van der Waals surface area contributed by atoms with Gasteiger partial charge in [-0.2, -0.15) is 9.97 Å². The van der Waals surface area contributed by atoms with Crippen molar-refractivity contribution in [1.82, 2.24) is 20.3 Å². The van der Waals surface area contributed by atoms with Gasteiger partial charge in [0.15, 0.2) is 0 Å². The van der Waals surface area contributed by atoms with Crippen LogP contribution in [0.15, 0.2) is 0 Å². The molecular formula is C7H9ClN4O2. The van der Waals surface area contributed by atoms with Crippen LogP contribution in [0.5, 0.6) is 12.0 Å². The highest BCUT2D eigenvalue weighted by Gasteiger charge is 2.20. The predicted molar refractivity (Wildman–Crippen MR) is 48.7 cm³/mol. The maximum absolute atomic E-state index is 5.64. The Kier molecular flexibility index (Phi) is 2.64. The normalized spacial score (nSPS) is 16.1. The fraction of sp³-hybridized carbons (Fsp3) is 0.571. The summed E-state index contributed by atoms with van der Waals surface area (Å²) in [6.07, 6.45) is 0.109. The molecule has 0 spiro atoms. The molecule has 1 aliphatic rings. The van der Waals surface area contributed by atoms with Crippen molar-refractivity contribution < 1.29 is 9.47 Å². The Morgan fingerprint density at radius 2 is 2.00 bits per heavy atom. The van der Waals surface area contributed by atoms with E-state index in [1.165, 1.54) is 7.11 Å². The molecule has 1 saturated heterocycles. The number of hydrogen-bond donors (Lipinski definition) is 1. The average Bonchev–Trinajstić information content (AvgIpc) is 2.10. The van der Waals surface area contributed by atoms with E-state index in [0.717, 1.165) is 13.1 Å². The Morgan fingerprint density at radius 3 is 2.57 bits per heavy atom. The number of nitrogens with zero attached hydrogens (tertiary/aromatic N) is 3. The van der Waals surface area contributed by atoms with Crippen molar-refractivity contribution in [3.8, 4) is 12.0 Å². The van der Waals surface area contributed by atoms with Crippen molar-refractivity contribution in [3.05, 3.63) is 5.28 Å². The highest BCUT2D eigenvalue weighted by Crippen LogP contribution is 2.14. The Bertz CT molecular complexity index is 331. The van der Waals surface area contributed by atoms with Crippen LogP contribution in [-0.4, -0.2) is 41.3 Å². The molecule has 1 fully saturated rings. The van der Waals surface area contributed by atoms with E-state index < -0.39 is 0 Å².